The Hall–Kier alpha value is -3.12. The highest BCUT2D eigenvalue weighted by molar-refractivity contribution is 6.31. The molecule has 1 aromatic heterocycles. The van der Waals surface area contributed by atoms with Gasteiger partial charge in [0.25, 0.3) is 5.91 Å². The lowest BCUT2D eigenvalue weighted by molar-refractivity contribution is 0.0472. The van der Waals surface area contributed by atoms with Gasteiger partial charge in [-0.3, -0.25) is 4.79 Å². The van der Waals surface area contributed by atoms with Crippen LogP contribution in [0.25, 0.3) is 0 Å². The van der Waals surface area contributed by atoms with Gasteiger partial charge in [0.05, 0.1) is 16.8 Å². The van der Waals surface area contributed by atoms with E-state index < -0.39 is 17.7 Å². The number of ether oxygens (including phenoxy) is 1. The number of esters is 1. The molecule has 1 heterocycles. The fourth-order valence-electron chi connectivity index (χ4n) is 2.34. The molecule has 0 saturated heterocycles. The molecule has 0 saturated carbocycles. The van der Waals surface area contributed by atoms with Crippen molar-refractivity contribution in [1.29, 1.82) is 0 Å². The molecule has 1 amide bonds. The summed E-state index contributed by atoms with van der Waals surface area (Å²) in [6.45, 7) is 1.70. The lowest BCUT2D eigenvalue weighted by atomic mass is 10.1. The molecular formula is C20H15ClFNO4. The first-order valence-electron chi connectivity index (χ1n) is 8.00. The fourth-order valence-corrected chi connectivity index (χ4v) is 2.56. The molecule has 0 radical (unpaired) electrons. The summed E-state index contributed by atoms with van der Waals surface area (Å²) in [5.74, 6) is -1.32. The third kappa shape index (κ3) is 4.54. The third-order valence-electron chi connectivity index (χ3n) is 3.84. The van der Waals surface area contributed by atoms with Crippen LogP contribution in [0.5, 0.6) is 0 Å². The van der Waals surface area contributed by atoms with Crippen LogP contribution >= 0.6 is 11.6 Å². The van der Waals surface area contributed by atoms with Crippen LogP contribution in [-0.4, -0.2) is 11.9 Å². The number of rotatable bonds is 5. The van der Waals surface area contributed by atoms with Crippen LogP contribution < -0.4 is 5.32 Å². The fraction of sp³-hybridized carbons (Fsp3) is 0.100. The second kappa shape index (κ2) is 8.05. The van der Waals surface area contributed by atoms with Crippen molar-refractivity contribution in [2.75, 3.05) is 5.32 Å². The maximum Gasteiger partial charge on any atom is 0.338 e. The van der Waals surface area contributed by atoms with Gasteiger partial charge in [0.15, 0.2) is 5.76 Å². The second-order valence-electron chi connectivity index (χ2n) is 5.77. The Morgan fingerprint density at radius 2 is 2.00 bits per heavy atom. The minimum Gasteiger partial charge on any atom is -0.459 e. The van der Waals surface area contributed by atoms with Crippen molar-refractivity contribution in [1.82, 2.24) is 0 Å². The summed E-state index contributed by atoms with van der Waals surface area (Å²) in [5, 5.41) is 2.87. The van der Waals surface area contributed by atoms with Crippen LogP contribution in [0.1, 0.15) is 32.0 Å². The molecule has 3 aromatic rings. The van der Waals surface area contributed by atoms with Gasteiger partial charge in [-0.25, -0.2) is 9.18 Å². The van der Waals surface area contributed by atoms with Crippen LogP contribution in [0.3, 0.4) is 0 Å². The summed E-state index contributed by atoms with van der Waals surface area (Å²) in [5.41, 5.74) is 1.98. The molecule has 1 N–H and O–H groups in total. The van der Waals surface area contributed by atoms with E-state index in [0.717, 1.165) is 11.6 Å². The number of hydrogen-bond acceptors (Lipinski definition) is 4. The highest BCUT2D eigenvalue weighted by Crippen LogP contribution is 2.21. The lowest BCUT2D eigenvalue weighted by Gasteiger charge is -2.10. The van der Waals surface area contributed by atoms with Crippen molar-refractivity contribution in [3.05, 3.63) is 88.1 Å². The van der Waals surface area contributed by atoms with Gasteiger partial charge < -0.3 is 14.5 Å². The van der Waals surface area contributed by atoms with Crippen LogP contribution in [0.2, 0.25) is 5.02 Å². The van der Waals surface area contributed by atoms with Gasteiger partial charge in [0, 0.05) is 11.3 Å². The van der Waals surface area contributed by atoms with E-state index in [0.29, 0.717) is 11.3 Å². The molecule has 0 unspecified atom stereocenters. The van der Waals surface area contributed by atoms with Crippen molar-refractivity contribution < 1.29 is 23.1 Å². The number of furan rings is 1. The Morgan fingerprint density at radius 3 is 2.70 bits per heavy atom. The summed E-state index contributed by atoms with van der Waals surface area (Å²) < 4.78 is 23.3. The Labute approximate surface area is 159 Å². The first kappa shape index (κ1) is 18.7. The highest BCUT2D eigenvalue weighted by Gasteiger charge is 2.14. The van der Waals surface area contributed by atoms with Gasteiger partial charge in [-0.05, 0) is 48.9 Å². The Morgan fingerprint density at radius 1 is 1.19 bits per heavy atom. The van der Waals surface area contributed by atoms with Gasteiger partial charge in [0.1, 0.15) is 12.4 Å². The molecule has 27 heavy (non-hydrogen) atoms. The summed E-state index contributed by atoms with van der Waals surface area (Å²) in [6, 6.07) is 11.8. The van der Waals surface area contributed by atoms with E-state index >= 15 is 0 Å². The summed E-state index contributed by atoms with van der Waals surface area (Å²) in [6.07, 6.45) is 1.40. The maximum absolute atomic E-state index is 13.1. The van der Waals surface area contributed by atoms with E-state index in [1.165, 1.54) is 30.5 Å². The number of aryl methyl sites for hydroxylation is 1. The SMILES string of the molecule is Cc1ccc(C(=O)OCc2ccc(F)cc2Cl)cc1NC(=O)c1ccco1. The smallest absolute Gasteiger partial charge is 0.338 e. The number of halogens is 2. The lowest BCUT2D eigenvalue weighted by Crippen LogP contribution is -2.13. The van der Waals surface area contributed by atoms with E-state index in [4.69, 9.17) is 20.8 Å². The maximum atomic E-state index is 13.1. The van der Waals surface area contributed by atoms with Gasteiger partial charge in [0.2, 0.25) is 0 Å². The molecule has 0 aliphatic heterocycles. The quantitative estimate of drug-likeness (QED) is 0.626. The number of amides is 1. The normalized spacial score (nSPS) is 10.5. The highest BCUT2D eigenvalue weighted by atomic mass is 35.5. The molecular weight excluding hydrogens is 373 g/mol. The first-order chi connectivity index (χ1) is 12.9. The van der Waals surface area contributed by atoms with Gasteiger partial charge in [-0.2, -0.15) is 0 Å². The molecule has 7 heteroatoms. The molecule has 0 bridgehead atoms. The molecule has 3 rings (SSSR count). The first-order valence-corrected chi connectivity index (χ1v) is 8.38. The molecule has 5 nitrogen and oxygen atoms in total. The summed E-state index contributed by atoms with van der Waals surface area (Å²) in [4.78, 5) is 24.4. The van der Waals surface area contributed by atoms with Gasteiger partial charge in [-0.15, -0.1) is 0 Å². The number of benzene rings is 2. The average molecular weight is 388 g/mol. The number of hydrogen-bond donors (Lipinski definition) is 1. The number of nitrogens with one attached hydrogen (secondary N) is 1. The second-order valence-corrected chi connectivity index (χ2v) is 6.18. The monoisotopic (exact) mass is 387 g/mol. The van der Waals surface area contributed by atoms with E-state index in [1.807, 2.05) is 0 Å². The van der Waals surface area contributed by atoms with Crippen LogP contribution in [-0.2, 0) is 11.3 Å². The zero-order chi connectivity index (χ0) is 19.4. The number of carbonyl (C=O) groups is 2. The standard InChI is InChI=1S/C20H15ClFNO4/c1-12-4-5-13(9-17(12)23-19(24)18-3-2-8-26-18)20(25)27-11-14-6-7-15(22)10-16(14)21/h2-10H,11H2,1H3,(H,23,24). The van der Waals surface area contributed by atoms with E-state index in [9.17, 15) is 14.0 Å². The Bertz CT molecular complexity index is 986. The van der Waals surface area contributed by atoms with E-state index in [2.05, 4.69) is 5.32 Å². The van der Waals surface area contributed by atoms with Crippen LogP contribution in [0.4, 0.5) is 10.1 Å². The van der Waals surface area contributed by atoms with Gasteiger partial charge in [-0.1, -0.05) is 23.7 Å². The predicted molar refractivity (Wildman–Crippen MR) is 98.4 cm³/mol. The van der Waals surface area contributed by atoms with Crippen molar-refractivity contribution in [3.63, 3.8) is 0 Å². The molecule has 138 valence electrons. The van der Waals surface area contributed by atoms with Crippen molar-refractivity contribution in [2.45, 2.75) is 13.5 Å². The van der Waals surface area contributed by atoms with Crippen molar-refractivity contribution >= 4 is 29.2 Å². The average Bonchev–Trinajstić information content (AvgIpc) is 3.17. The largest absolute Gasteiger partial charge is 0.459 e. The minimum absolute atomic E-state index is 0.0973. The van der Waals surface area contributed by atoms with E-state index in [1.54, 1.807) is 25.1 Å². The Balaban J connectivity index is 1.70. The molecule has 0 aliphatic carbocycles. The van der Waals surface area contributed by atoms with Crippen LogP contribution in [0.15, 0.2) is 59.2 Å². The molecule has 2 aromatic carbocycles. The minimum atomic E-state index is -0.594. The third-order valence-corrected chi connectivity index (χ3v) is 4.19. The van der Waals surface area contributed by atoms with E-state index in [-0.39, 0.29) is 23.0 Å². The predicted octanol–water partition coefficient (Wildman–Crippen LogP) is 4.99. The van der Waals surface area contributed by atoms with Crippen molar-refractivity contribution in [3.8, 4) is 0 Å². The number of carbonyl (C=O) groups excluding carboxylic acids is 2. The summed E-state index contributed by atoms with van der Waals surface area (Å²) >= 11 is 5.92. The summed E-state index contributed by atoms with van der Waals surface area (Å²) in [7, 11) is 0. The molecule has 0 spiro atoms. The zero-order valence-electron chi connectivity index (χ0n) is 14.3. The van der Waals surface area contributed by atoms with Gasteiger partial charge >= 0.3 is 5.97 Å². The molecule has 0 fully saturated rings. The zero-order valence-corrected chi connectivity index (χ0v) is 15.0. The van der Waals surface area contributed by atoms with Crippen molar-refractivity contribution in [2.24, 2.45) is 0 Å². The topological polar surface area (TPSA) is 68.5 Å². The van der Waals surface area contributed by atoms with Crippen LogP contribution in [0, 0.1) is 12.7 Å². The Kier molecular flexibility index (Phi) is 5.57. The molecule has 0 aliphatic rings. The number of anilines is 1. The molecule has 0 atom stereocenters.